The van der Waals surface area contributed by atoms with Crippen LogP contribution in [0.25, 0.3) is 6.08 Å². The van der Waals surface area contributed by atoms with Crippen LogP contribution in [0.4, 0.5) is 4.79 Å². The van der Waals surface area contributed by atoms with Crippen molar-refractivity contribution in [1.29, 1.82) is 0 Å². The molecule has 0 aromatic heterocycles. The minimum Gasteiger partial charge on any atom is -0.454 e. The average Bonchev–Trinajstić information content (AvgIpc) is 3.06. The Bertz CT molecular complexity index is 829. The van der Waals surface area contributed by atoms with E-state index in [1.807, 2.05) is 0 Å². The molecule has 4 rings (SSSR count). The number of hydrogen-bond donors (Lipinski definition) is 1. The van der Waals surface area contributed by atoms with E-state index in [4.69, 9.17) is 21.1 Å². The van der Waals surface area contributed by atoms with Gasteiger partial charge in [0.2, 0.25) is 6.79 Å². The number of benzene rings is 1. The Kier molecular flexibility index (Phi) is 4.32. The van der Waals surface area contributed by atoms with Gasteiger partial charge in [0, 0.05) is 12.1 Å². The van der Waals surface area contributed by atoms with Crippen LogP contribution < -0.4 is 14.8 Å². The van der Waals surface area contributed by atoms with Crippen molar-refractivity contribution in [2.45, 2.75) is 38.1 Å². The number of fused-ring (bicyclic) bond motifs is 1. The van der Waals surface area contributed by atoms with Gasteiger partial charge >= 0.3 is 6.03 Å². The second-order valence-corrected chi connectivity index (χ2v) is 6.92. The Labute approximate surface area is 154 Å². The molecule has 1 aromatic rings. The van der Waals surface area contributed by atoms with Gasteiger partial charge < -0.3 is 9.47 Å². The van der Waals surface area contributed by atoms with E-state index < -0.39 is 17.8 Å². The lowest BCUT2D eigenvalue weighted by molar-refractivity contribution is -0.132. The fourth-order valence-corrected chi connectivity index (χ4v) is 3.75. The number of hydrogen-bond acceptors (Lipinski definition) is 5. The maximum Gasteiger partial charge on any atom is 0.331 e. The molecule has 3 aliphatic rings. The highest BCUT2D eigenvalue weighted by molar-refractivity contribution is 6.34. The van der Waals surface area contributed by atoms with Gasteiger partial charge in [-0.1, -0.05) is 30.9 Å². The summed E-state index contributed by atoms with van der Waals surface area (Å²) in [5.74, 6) is -0.305. The van der Waals surface area contributed by atoms with Gasteiger partial charge in [-0.25, -0.2) is 4.79 Å². The summed E-state index contributed by atoms with van der Waals surface area (Å²) in [5.41, 5.74) is 0.336. The molecular weight excluding hydrogens is 360 g/mol. The molecule has 1 N–H and O–H groups in total. The van der Waals surface area contributed by atoms with Gasteiger partial charge in [0.1, 0.15) is 5.57 Å². The summed E-state index contributed by atoms with van der Waals surface area (Å²) in [5, 5.41) is 2.58. The first kappa shape index (κ1) is 16.9. The number of nitrogens with zero attached hydrogens (tertiary/aromatic N) is 1. The van der Waals surface area contributed by atoms with E-state index in [-0.39, 0.29) is 18.4 Å². The van der Waals surface area contributed by atoms with E-state index in [1.54, 1.807) is 12.1 Å². The van der Waals surface area contributed by atoms with Crippen LogP contribution in [0.2, 0.25) is 5.02 Å². The fourth-order valence-electron chi connectivity index (χ4n) is 3.54. The van der Waals surface area contributed by atoms with E-state index >= 15 is 0 Å². The molecule has 1 saturated heterocycles. The third-order valence-electron chi connectivity index (χ3n) is 4.86. The molecule has 2 fully saturated rings. The van der Waals surface area contributed by atoms with Gasteiger partial charge in [0.15, 0.2) is 11.5 Å². The highest BCUT2D eigenvalue weighted by Crippen LogP contribution is 2.38. The van der Waals surface area contributed by atoms with Crippen LogP contribution in [-0.2, 0) is 9.59 Å². The summed E-state index contributed by atoms with van der Waals surface area (Å²) in [6.45, 7) is 0.0923. The van der Waals surface area contributed by atoms with E-state index in [2.05, 4.69) is 5.32 Å². The predicted octanol–water partition coefficient (Wildman–Crippen LogP) is 2.86. The lowest BCUT2D eigenvalue weighted by Crippen LogP contribution is -2.58. The minimum atomic E-state index is -0.721. The molecule has 1 saturated carbocycles. The van der Waals surface area contributed by atoms with Crippen LogP contribution in [0.1, 0.15) is 37.7 Å². The molecule has 1 aliphatic carbocycles. The molecular formula is C18H17ClN2O5. The SMILES string of the molecule is O=C1NC(=O)N(C2CCCCC2)C(=O)C1=Cc1cc2c(cc1Cl)OCO2. The number of rotatable bonds is 2. The van der Waals surface area contributed by atoms with Crippen LogP contribution >= 0.6 is 11.6 Å². The second kappa shape index (κ2) is 6.64. The van der Waals surface area contributed by atoms with E-state index in [1.165, 1.54) is 11.0 Å². The summed E-state index contributed by atoms with van der Waals surface area (Å²) in [7, 11) is 0. The number of urea groups is 1. The summed E-state index contributed by atoms with van der Waals surface area (Å²) in [4.78, 5) is 38.5. The number of amides is 4. The van der Waals surface area contributed by atoms with Crippen LogP contribution in [0.15, 0.2) is 17.7 Å². The zero-order valence-corrected chi connectivity index (χ0v) is 14.7. The number of halogens is 1. The second-order valence-electron chi connectivity index (χ2n) is 6.51. The molecule has 136 valence electrons. The van der Waals surface area contributed by atoms with Crippen LogP contribution in [0, 0.1) is 0 Å². The first-order chi connectivity index (χ1) is 12.5. The molecule has 0 spiro atoms. The molecule has 7 nitrogen and oxygen atoms in total. The smallest absolute Gasteiger partial charge is 0.331 e. The minimum absolute atomic E-state index is 0.0923. The lowest BCUT2D eigenvalue weighted by atomic mass is 9.93. The quantitative estimate of drug-likeness (QED) is 0.633. The van der Waals surface area contributed by atoms with Gasteiger partial charge in [0.05, 0.1) is 5.02 Å². The van der Waals surface area contributed by atoms with Crippen molar-refractivity contribution in [3.8, 4) is 11.5 Å². The first-order valence-electron chi connectivity index (χ1n) is 8.54. The predicted molar refractivity (Wildman–Crippen MR) is 92.8 cm³/mol. The van der Waals surface area contributed by atoms with Crippen molar-refractivity contribution in [1.82, 2.24) is 10.2 Å². The number of carbonyl (C=O) groups is 3. The monoisotopic (exact) mass is 376 g/mol. The molecule has 0 radical (unpaired) electrons. The summed E-state index contributed by atoms with van der Waals surface area (Å²) >= 11 is 6.23. The van der Waals surface area contributed by atoms with Crippen LogP contribution in [-0.4, -0.2) is 35.6 Å². The molecule has 26 heavy (non-hydrogen) atoms. The Morgan fingerprint density at radius 1 is 1.08 bits per heavy atom. The Hall–Kier alpha value is -2.54. The van der Waals surface area contributed by atoms with E-state index in [0.717, 1.165) is 32.1 Å². The molecule has 8 heteroatoms. The molecule has 0 unspecified atom stereocenters. The normalized spacial score (nSPS) is 22.1. The molecule has 0 atom stereocenters. The molecule has 1 aromatic carbocycles. The number of nitrogens with one attached hydrogen (secondary N) is 1. The largest absolute Gasteiger partial charge is 0.454 e. The zero-order valence-electron chi connectivity index (χ0n) is 13.9. The van der Waals surface area contributed by atoms with Crippen LogP contribution in [0.5, 0.6) is 11.5 Å². The van der Waals surface area contributed by atoms with Crippen molar-refractivity contribution < 1.29 is 23.9 Å². The summed E-state index contributed by atoms with van der Waals surface area (Å²) in [6.07, 6.45) is 5.92. The zero-order chi connectivity index (χ0) is 18.3. The maximum atomic E-state index is 12.9. The Morgan fingerprint density at radius 3 is 2.50 bits per heavy atom. The molecule has 2 heterocycles. The third-order valence-corrected chi connectivity index (χ3v) is 5.19. The maximum absolute atomic E-state index is 12.9. The molecule has 4 amide bonds. The van der Waals surface area contributed by atoms with Gasteiger partial charge in [-0.05, 0) is 30.5 Å². The van der Waals surface area contributed by atoms with Gasteiger partial charge in [-0.3, -0.25) is 19.8 Å². The number of imide groups is 2. The molecule has 2 aliphatic heterocycles. The molecule has 0 bridgehead atoms. The topological polar surface area (TPSA) is 84.9 Å². The Balaban J connectivity index is 1.68. The van der Waals surface area contributed by atoms with Crippen LogP contribution in [0.3, 0.4) is 0 Å². The van der Waals surface area contributed by atoms with Crippen molar-refractivity contribution in [2.75, 3.05) is 6.79 Å². The third kappa shape index (κ3) is 2.92. The first-order valence-corrected chi connectivity index (χ1v) is 8.92. The summed E-state index contributed by atoms with van der Waals surface area (Å²) < 4.78 is 10.6. The standard InChI is InChI=1S/C18H17ClN2O5/c19-13-8-15-14(25-9-26-15)7-10(13)6-12-16(22)20-18(24)21(17(12)23)11-4-2-1-3-5-11/h6-8,11H,1-5,9H2,(H,20,22,24). The van der Waals surface area contributed by atoms with Crippen molar-refractivity contribution >= 4 is 35.5 Å². The van der Waals surface area contributed by atoms with Crippen molar-refractivity contribution in [3.05, 3.63) is 28.3 Å². The van der Waals surface area contributed by atoms with Gasteiger partial charge in [-0.15, -0.1) is 0 Å². The van der Waals surface area contributed by atoms with E-state index in [0.29, 0.717) is 22.1 Å². The fraction of sp³-hybridized carbons (Fsp3) is 0.389. The van der Waals surface area contributed by atoms with Crippen molar-refractivity contribution in [2.24, 2.45) is 0 Å². The van der Waals surface area contributed by atoms with Gasteiger partial charge in [0.25, 0.3) is 11.8 Å². The van der Waals surface area contributed by atoms with Crippen molar-refractivity contribution in [3.63, 3.8) is 0 Å². The van der Waals surface area contributed by atoms with Gasteiger partial charge in [-0.2, -0.15) is 0 Å². The number of ether oxygens (including phenoxy) is 2. The van der Waals surface area contributed by atoms with E-state index in [9.17, 15) is 14.4 Å². The lowest BCUT2D eigenvalue weighted by Gasteiger charge is -2.35. The number of barbiturate groups is 1. The Morgan fingerprint density at radius 2 is 1.77 bits per heavy atom. The number of carbonyl (C=O) groups excluding carboxylic acids is 3. The highest BCUT2D eigenvalue weighted by atomic mass is 35.5. The summed E-state index contributed by atoms with van der Waals surface area (Å²) in [6, 6.07) is 2.35. The highest BCUT2D eigenvalue weighted by Gasteiger charge is 2.40. The average molecular weight is 377 g/mol.